The molecule has 1 fully saturated rings. The molecule has 11 heavy (non-hydrogen) atoms. The zero-order valence-electron chi connectivity index (χ0n) is 7.91. The molecule has 0 aromatic carbocycles. The lowest BCUT2D eigenvalue weighted by Crippen LogP contribution is -2.48. The largest absolute Gasteiger partial charge is 0.317 e. The highest BCUT2D eigenvalue weighted by Gasteiger charge is 2.18. The first-order valence-corrected chi connectivity index (χ1v) is 4.56. The molecular formula is C9H20N2. The third-order valence-electron chi connectivity index (χ3n) is 1.98. The molecular weight excluding hydrogens is 136 g/mol. The second-order valence-corrected chi connectivity index (χ2v) is 4.42. The van der Waals surface area contributed by atoms with E-state index in [9.17, 15) is 0 Å². The molecule has 2 N–H and O–H groups in total. The average molecular weight is 156 g/mol. The van der Waals surface area contributed by atoms with E-state index in [2.05, 4.69) is 31.4 Å². The Morgan fingerprint density at radius 3 is 2.18 bits per heavy atom. The van der Waals surface area contributed by atoms with Gasteiger partial charge in [-0.15, -0.1) is 0 Å². The summed E-state index contributed by atoms with van der Waals surface area (Å²) in [5, 5.41) is 6.98. The van der Waals surface area contributed by atoms with Gasteiger partial charge in [-0.1, -0.05) is 0 Å². The summed E-state index contributed by atoms with van der Waals surface area (Å²) < 4.78 is 0. The lowest BCUT2D eigenvalue weighted by molar-refractivity contribution is 0.304. The SMILES string of the molecule is CC(C)(C)NC1CCNCC1. The van der Waals surface area contributed by atoms with Crippen LogP contribution < -0.4 is 10.6 Å². The monoisotopic (exact) mass is 156 g/mol. The van der Waals surface area contributed by atoms with Gasteiger partial charge in [0, 0.05) is 11.6 Å². The molecule has 2 nitrogen and oxygen atoms in total. The van der Waals surface area contributed by atoms with Crippen molar-refractivity contribution >= 4 is 0 Å². The number of nitrogens with one attached hydrogen (secondary N) is 2. The minimum atomic E-state index is 0.280. The zero-order chi connectivity index (χ0) is 8.32. The van der Waals surface area contributed by atoms with Crippen LogP contribution in [-0.4, -0.2) is 24.7 Å². The summed E-state index contributed by atoms with van der Waals surface area (Å²) in [6, 6.07) is 0.733. The lowest BCUT2D eigenvalue weighted by atomic mass is 10.0. The van der Waals surface area contributed by atoms with Gasteiger partial charge in [-0.3, -0.25) is 0 Å². The van der Waals surface area contributed by atoms with Crippen molar-refractivity contribution in [1.29, 1.82) is 0 Å². The third-order valence-corrected chi connectivity index (χ3v) is 1.98. The van der Waals surface area contributed by atoms with Gasteiger partial charge in [0.2, 0.25) is 0 Å². The van der Waals surface area contributed by atoms with Gasteiger partial charge in [-0.2, -0.15) is 0 Å². The van der Waals surface area contributed by atoms with Crippen molar-refractivity contribution in [3.8, 4) is 0 Å². The third kappa shape index (κ3) is 3.73. The molecule has 0 aromatic rings. The molecule has 0 amide bonds. The van der Waals surface area contributed by atoms with Gasteiger partial charge >= 0.3 is 0 Å². The van der Waals surface area contributed by atoms with Crippen molar-refractivity contribution in [3.05, 3.63) is 0 Å². The molecule has 0 saturated carbocycles. The van der Waals surface area contributed by atoms with Crippen LogP contribution >= 0.6 is 0 Å². The molecule has 0 spiro atoms. The highest BCUT2D eigenvalue weighted by atomic mass is 15.0. The Bertz CT molecular complexity index is 109. The van der Waals surface area contributed by atoms with E-state index in [1.165, 1.54) is 25.9 Å². The normalized spacial score (nSPS) is 22.1. The molecule has 2 heteroatoms. The van der Waals surface area contributed by atoms with Gasteiger partial charge in [0.15, 0.2) is 0 Å². The van der Waals surface area contributed by atoms with Crippen molar-refractivity contribution in [2.45, 2.75) is 45.2 Å². The van der Waals surface area contributed by atoms with Crippen molar-refractivity contribution in [1.82, 2.24) is 10.6 Å². The summed E-state index contributed by atoms with van der Waals surface area (Å²) in [7, 11) is 0. The van der Waals surface area contributed by atoms with Gasteiger partial charge in [-0.25, -0.2) is 0 Å². The minimum absolute atomic E-state index is 0.280. The van der Waals surface area contributed by atoms with Crippen LogP contribution in [0.4, 0.5) is 0 Å². The van der Waals surface area contributed by atoms with Crippen molar-refractivity contribution in [2.24, 2.45) is 0 Å². The lowest BCUT2D eigenvalue weighted by Gasteiger charge is -2.31. The Morgan fingerprint density at radius 1 is 1.18 bits per heavy atom. The first-order chi connectivity index (χ1) is 5.08. The van der Waals surface area contributed by atoms with E-state index in [1.54, 1.807) is 0 Å². The van der Waals surface area contributed by atoms with E-state index in [1.807, 2.05) is 0 Å². The Balaban J connectivity index is 2.24. The molecule has 1 rings (SSSR count). The molecule has 1 aliphatic rings. The molecule has 1 aliphatic heterocycles. The van der Waals surface area contributed by atoms with Gasteiger partial charge in [0.25, 0.3) is 0 Å². The molecule has 0 unspecified atom stereocenters. The number of hydrogen-bond acceptors (Lipinski definition) is 2. The van der Waals surface area contributed by atoms with Crippen LogP contribution in [0.25, 0.3) is 0 Å². The van der Waals surface area contributed by atoms with Crippen LogP contribution in [0.2, 0.25) is 0 Å². The quantitative estimate of drug-likeness (QED) is 0.594. The first kappa shape index (κ1) is 9.01. The molecule has 1 heterocycles. The van der Waals surface area contributed by atoms with Gasteiger partial charge in [0.05, 0.1) is 0 Å². The predicted molar refractivity (Wildman–Crippen MR) is 48.8 cm³/mol. The minimum Gasteiger partial charge on any atom is -0.317 e. The summed E-state index contributed by atoms with van der Waals surface area (Å²) in [5.41, 5.74) is 0.280. The second-order valence-electron chi connectivity index (χ2n) is 4.42. The topological polar surface area (TPSA) is 24.1 Å². The predicted octanol–water partition coefficient (Wildman–Crippen LogP) is 1.13. The van der Waals surface area contributed by atoms with Crippen LogP contribution in [0, 0.1) is 0 Å². The molecule has 0 radical (unpaired) electrons. The average Bonchev–Trinajstić information content (AvgIpc) is 1.85. The number of piperidine rings is 1. The van der Waals surface area contributed by atoms with Crippen LogP contribution in [0.1, 0.15) is 33.6 Å². The van der Waals surface area contributed by atoms with Gasteiger partial charge < -0.3 is 10.6 Å². The van der Waals surface area contributed by atoms with Crippen molar-refractivity contribution in [3.63, 3.8) is 0 Å². The van der Waals surface area contributed by atoms with E-state index in [-0.39, 0.29) is 5.54 Å². The van der Waals surface area contributed by atoms with Crippen LogP contribution in [0.5, 0.6) is 0 Å². The summed E-state index contributed by atoms with van der Waals surface area (Å²) >= 11 is 0. The van der Waals surface area contributed by atoms with Crippen LogP contribution in [0.15, 0.2) is 0 Å². The van der Waals surface area contributed by atoms with E-state index < -0.39 is 0 Å². The Labute approximate surface area is 69.8 Å². The second kappa shape index (κ2) is 3.55. The van der Waals surface area contributed by atoms with E-state index in [0.29, 0.717) is 0 Å². The maximum atomic E-state index is 3.62. The summed E-state index contributed by atoms with van der Waals surface area (Å²) in [6.07, 6.45) is 2.55. The molecule has 0 bridgehead atoms. The smallest absolute Gasteiger partial charge is 0.00991 e. The standard InChI is InChI=1S/C9H20N2/c1-9(2,3)11-8-4-6-10-7-5-8/h8,10-11H,4-7H2,1-3H3. The Kier molecular flexibility index (Phi) is 2.90. The maximum absolute atomic E-state index is 3.62. The van der Waals surface area contributed by atoms with Crippen molar-refractivity contribution in [2.75, 3.05) is 13.1 Å². The number of rotatable bonds is 1. The zero-order valence-corrected chi connectivity index (χ0v) is 7.91. The summed E-state index contributed by atoms with van der Waals surface area (Å²) in [6.45, 7) is 9.04. The van der Waals surface area contributed by atoms with Crippen molar-refractivity contribution < 1.29 is 0 Å². The molecule has 66 valence electrons. The molecule has 0 atom stereocenters. The fourth-order valence-corrected chi connectivity index (χ4v) is 1.58. The molecule has 1 saturated heterocycles. The summed E-state index contributed by atoms with van der Waals surface area (Å²) in [4.78, 5) is 0. The number of hydrogen-bond donors (Lipinski definition) is 2. The highest BCUT2D eigenvalue weighted by molar-refractivity contribution is 4.81. The van der Waals surface area contributed by atoms with Crippen LogP contribution in [-0.2, 0) is 0 Å². The van der Waals surface area contributed by atoms with E-state index in [4.69, 9.17) is 0 Å². The maximum Gasteiger partial charge on any atom is 0.00991 e. The fraction of sp³-hybridized carbons (Fsp3) is 1.00. The molecule has 0 aromatic heterocycles. The Morgan fingerprint density at radius 2 is 1.73 bits per heavy atom. The molecule has 0 aliphatic carbocycles. The van der Waals surface area contributed by atoms with E-state index >= 15 is 0 Å². The van der Waals surface area contributed by atoms with Gasteiger partial charge in [-0.05, 0) is 46.7 Å². The van der Waals surface area contributed by atoms with Gasteiger partial charge in [0.1, 0.15) is 0 Å². The Hall–Kier alpha value is -0.0800. The van der Waals surface area contributed by atoms with E-state index in [0.717, 1.165) is 6.04 Å². The first-order valence-electron chi connectivity index (χ1n) is 4.56. The van der Waals surface area contributed by atoms with Crippen LogP contribution in [0.3, 0.4) is 0 Å². The fourth-order valence-electron chi connectivity index (χ4n) is 1.58. The summed E-state index contributed by atoms with van der Waals surface area (Å²) in [5.74, 6) is 0. The highest BCUT2D eigenvalue weighted by Crippen LogP contribution is 2.08.